The zero-order valence-electron chi connectivity index (χ0n) is 14.5. The highest BCUT2D eigenvalue weighted by atomic mass is 16.5. The van der Waals surface area contributed by atoms with Gasteiger partial charge in [-0.25, -0.2) is 4.98 Å². The number of aromatic nitrogens is 2. The Hall–Kier alpha value is -2.34. The molecule has 25 heavy (non-hydrogen) atoms. The van der Waals surface area contributed by atoms with Crippen molar-refractivity contribution in [2.45, 2.75) is 19.4 Å². The molecule has 0 saturated carbocycles. The Labute approximate surface area is 147 Å². The molecule has 6 nitrogen and oxygen atoms in total. The highest BCUT2D eigenvalue weighted by molar-refractivity contribution is 5.79. The predicted octanol–water partition coefficient (Wildman–Crippen LogP) is 1.98. The minimum Gasteiger partial charge on any atom is -0.496 e. The van der Waals surface area contributed by atoms with Crippen LogP contribution < -0.4 is 4.74 Å². The summed E-state index contributed by atoms with van der Waals surface area (Å²) >= 11 is 0. The Kier molecular flexibility index (Phi) is 4.44. The fraction of sp³-hybridized carbons (Fsp3) is 0.474. The normalized spacial score (nSPS) is 20.2. The number of imidazole rings is 1. The van der Waals surface area contributed by atoms with Crippen LogP contribution in [0.2, 0.25) is 0 Å². The largest absolute Gasteiger partial charge is 0.496 e. The lowest BCUT2D eigenvalue weighted by molar-refractivity contribution is -0.135. The van der Waals surface area contributed by atoms with Crippen molar-refractivity contribution in [3.63, 3.8) is 0 Å². The number of benzene rings is 1. The first-order valence-electron chi connectivity index (χ1n) is 8.82. The molecule has 4 rings (SSSR count). The van der Waals surface area contributed by atoms with Gasteiger partial charge in [-0.05, 0) is 18.6 Å². The summed E-state index contributed by atoms with van der Waals surface area (Å²) in [5, 5.41) is 0. The van der Waals surface area contributed by atoms with Gasteiger partial charge in [-0.15, -0.1) is 0 Å². The molecule has 1 amide bonds. The van der Waals surface area contributed by atoms with E-state index in [1.54, 1.807) is 7.11 Å². The first-order valence-corrected chi connectivity index (χ1v) is 8.82. The number of amides is 1. The molecule has 2 aliphatic heterocycles. The quantitative estimate of drug-likeness (QED) is 0.857. The van der Waals surface area contributed by atoms with E-state index in [2.05, 4.69) is 9.55 Å². The average molecular weight is 341 g/mol. The number of para-hydroxylation sites is 1. The third-order valence-corrected chi connectivity index (χ3v) is 5.11. The zero-order chi connectivity index (χ0) is 17.2. The van der Waals surface area contributed by atoms with E-state index in [1.165, 1.54) is 0 Å². The molecule has 0 radical (unpaired) electrons. The Morgan fingerprint density at radius 2 is 2.16 bits per heavy atom. The lowest BCUT2D eigenvalue weighted by atomic mass is 10.1. The van der Waals surface area contributed by atoms with E-state index in [9.17, 15) is 4.79 Å². The summed E-state index contributed by atoms with van der Waals surface area (Å²) in [5.74, 6) is 2.12. The minimum absolute atomic E-state index is 0.0270. The predicted molar refractivity (Wildman–Crippen MR) is 93.4 cm³/mol. The molecular formula is C19H23N3O3. The van der Waals surface area contributed by atoms with Crippen molar-refractivity contribution in [1.82, 2.24) is 14.5 Å². The van der Waals surface area contributed by atoms with Crippen LogP contribution in [0.15, 0.2) is 30.5 Å². The number of methoxy groups -OCH3 is 1. The SMILES string of the molecule is COc1ccccc1-c1cnc2n1CCN(C(=O)[C@H]1CCOC1)CC2. The molecule has 6 heteroatoms. The number of carbonyl (C=O) groups is 1. The van der Waals surface area contributed by atoms with Gasteiger partial charge >= 0.3 is 0 Å². The summed E-state index contributed by atoms with van der Waals surface area (Å²) in [4.78, 5) is 19.3. The molecular weight excluding hydrogens is 318 g/mol. The summed E-state index contributed by atoms with van der Waals surface area (Å²) in [6.45, 7) is 3.44. The first-order chi connectivity index (χ1) is 12.3. The lowest BCUT2D eigenvalue weighted by Gasteiger charge is -2.23. The number of hydrogen-bond acceptors (Lipinski definition) is 4. The van der Waals surface area contributed by atoms with Crippen molar-refractivity contribution in [2.24, 2.45) is 5.92 Å². The van der Waals surface area contributed by atoms with Gasteiger partial charge in [0.25, 0.3) is 0 Å². The summed E-state index contributed by atoms with van der Waals surface area (Å²) in [5.41, 5.74) is 2.08. The Balaban J connectivity index is 1.57. The third kappa shape index (κ3) is 3.02. The number of carbonyl (C=O) groups excluding carboxylic acids is 1. The van der Waals surface area contributed by atoms with Crippen molar-refractivity contribution >= 4 is 5.91 Å². The van der Waals surface area contributed by atoms with Crippen molar-refractivity contribution in [3.8, 4) is 17.0 Å². The van der Waals surface area contributed by atoms with Gasteiger partial charge in [0.2, 0.25) is 5.91 Å². The van der Waals surface area contributed by atoms with Crippen LogP contribution in [0.4, 0.5) is 0 Å². The molecule has 2 aliphatic rings. The van der Waals surface area contributed by atoms with E-state index in [1.807, 2.05) is 35.4 Å². The summed E-state index contributed by atoms with van der Waals surface area (Å²) < 4.78 is 13.1. The molecule has 1 aromatic carbocycles. The second-order valence-corrected chi connectivity index (χ2v) is 6.55. The molecule has 0 N–H and O–H groups in total. The van der Waals surface area contributed by atoms with Gasteiger partial charge in [-0.1, -0.05) is 12.1 Å². The van der Waals surface area contributed by atoms with Crippen molar-refractivity contribution in [3.05, 3.63) is 36.3 Å². The van der Waals surface area contributed by atoms with Crippen LogP contribution in [0.1, 0.15) is 12.2 Å². The second-order valence-electron chi connectivity index (χ2n) is 6.55. The van der Waals surface area contributed by atoms with Gasteiger partial charge in [0, 0.05) is 38.2 Å². The van der Waals surface area contributed by atoms with Crippen molar-refractivity contribution in [1.29, 1.82) is 0 Å². The van der Waals surface area contributed by atoms with Crippen LogP contribution in [0, 0.1) is 5.92 Å². The van der Waals surface area contributed by atoms with Crippen molar-refractivity contribution < 1.29 is 14.3 Å². The standard InChI is InChI=1S/C19H23N3O3/c1-24-17-5-3-2-4-15(17)16-12-20-18-6-8-21(9-10-22(16)18)19(23)14-7-11-25-13-14/h2-5,12,14H,6-11,13H2,1H3/t14-/m0/s1. The number of fused-ring (bicyclic) bond motifs is 1. The molecule has 0 spiro atoms. The smallest absolute Gasteiger partial charge is 0.228 e. The number of ether oxygens (including phenoxy) is 2. The highest BCUT2D eigenvalue weighted by Gasteiger charge is 2.29. The van der Waals surface area contributed by atoms with Crippen LogP contribution >= 0.6 is 0 Å². The topological polar surface area (TPSA) is 56.6 Å². The fourth-order valence-electron chi connectivity index (χ4n) is 3.71. The fourth-order valence-corrected chi connectivity index (χ4v) is 3.71. The number of rotatable bonds is 3. The molecule has 1 aromatic heterocycles. The van der Waals surface area contributed by atoms with Crippen molar-refractivity contribution in [2.75, 3.05) is 33.4 Å². The van der Waals surface area contributed by atoms with Gasteiger partial charge in [0.05, 0.1) is 31.5 Å². The maximum absolute atomic E-state index is 12.7. The van der Waals surface area contributed by atoms with Crippen LogP contribution in [0.5, 0.6) is 5.75 Å². The number of hydrogen-bond donors (Lipinski definition) is 0. The monoisotopic (exact) mass is 341 g/mol. The molecule has 1 fully saturated rings. The Bertz CT molecular complexity index is 765. The third-order valence-electron chi connectivity index (χ3n) is 5.11. The highest BCUT2D eigenvalue weighted by Crippen LogP contribution is 2.31. The molecule has 132 valence electrons. The molecule has 1 atom stereocenters. The maximum Gasteiger partial charge on any atom is 0.228 e. The average Bonchev–Trinajstić information content (AvgIpc) is 3.27. The lowest BCUT2D eigenvalue weighted by Crippen LogP contribution is -2.38. The molecule has 2 aromatic rings. The van der Waals surface area contributed by atoms with Gasteiger partial charge in [-0.3, -0.25) is 4.79 Å². The first kappa shape index (κ1) is 16.1. The Morgan fingerprint density at radius 1 is 1.28 bits per heavy atom. The summed E-state index contributed by atoms with van der Waals surface area (Å²) in [6, 6.07) is 7.98. The van der Waals surface area contributed by atoms with Gasteiger partial charge in [-0.2, -0.15) is 0 Å². The van der Waals surface area contributed by atoms with Crippen LogP contribution in [-0.4, -0.2) is 53.8 Å². The molecule has 0 aliphatic carbocycles. The molecule has 0 unspecified atom stereocenters. The van der Waals surface area contributed by atoms with E-state index in [4.69, 9.17) is 9.47 Å². The van der Waals surface area contributed by atoms with Crippen LogP contribution in [0.3, 0.4) is 0 Å². The molecule has 0 bridgehead atoms. The van der Waals surface area contributed by atoms with Crippen LogP contribution in [-0.2, 0) is 22.5 Å². The van der Waals surface area contributed by atoms with Gasteiger partial charge in [0.15, 0.2) is 0 Å². The van der Waals surface area contributed by atoms with E-state index >= 15 is 0 Å². The second kappa shape index (κ2) is 6.88. The van der Waals surface area contributed by atoms with Gasteiger partial charge in [0.1, 0.15) is 11.6 Å². The summed E-state index contributed by atoms with van der Waals surface area (Å²) in [6.07, 6.45) is 3.52. The van der Waals surface area contributed by atoms with E-state index in [0.29, 0.717) is 19.8 Å². The van der Waals surface area contributed by atoms with E-state index in [0.717, 1.165) is 48.8 Å². The summed E-state index contributed by atoms with van der Waals surface area (Å²) in [7, 11) is 1.68. The van der Waals surface area contributed by atoms with Crippen LogP contribution in [0.25, 0.3) is 11.3 Å². The molecule has 3 heterocycles. The minimum atomic E-state index is 0.0270. The molecule has 1 saturated heterocycles. The van der Waals surface area contributed by atoms with Gasteiger partial charge < -0.3 is 18.9 Å². The maximum atomic E-state index is 12.7. The van der Waals surface area contributed by atoms with E-state index < -0.39 is 0 Å². The zero-order valence-corrected chi connectivity index (χ0v) is 14.5. The Morgan fingerprint density at radius 3 is 2.96 bits per heavy atom. The number of nitrogens with zero attached hydrogens (tertiary/aromatic N) is 3. The van der Waals surface area contributed by atoms with E-state index in [-0.39, 0.29) is 11.8 Å².